The van der Waals surface area contributed by atoms with Crippen LogP contribution in [0, 0.1) is 0 Å². The Morgan fingerprint density at radius 3 is 2.56 bits per heavy atom. The zero-order chi connectivity index (χ0) is 18.2. The van der Waals surface area contributed by atoms with Gasteiger partial charge >= 0.3 is 12.0 Å². The molecule has 0 aliphatic carbocycles. The first-order valence-electron chi connectivity index (χ1n) is 7.18. The van der Waals surface area contributed by atoms with Crippen molar-refractivity contribution in [3.8, 4) is 5.75 Å². The fourth-order valence-electron chi connectivity index (χ4n) is 1.93. The fraction of sp³-hybridized carbons (Fsp3) is 0.118. The quantitative estimate of drug-likeness (QED) is 0.715. The average molecular weight is 407 g/mol. The van der Waals surface area contributed by atoms with Gasteiger partial charge in [-0.25, -0.2) is 9.59 Å². The number of ether oxygens (including phenoxy) is 2. The minimum absolute atomic E-state index is 0.171. The van der Waals surface area contributed by atoms with Gasteiger partial charge in [0.15, 0.2) is 6.61 Å². The van der Waals surface area contributed by atoms with E-state index in [9.17, 15) is 14.4 Å². The van der Waals surface area contributed by atoms with Gasteiger partial charge in [-0.05, 0) is 29.8 Å². The lowest BCUT2D eigenvalue weighted by Gasteiger charge is -2.11. The predicted octanol–water partition coefficient (Wildman–Crippen LogP) is 2.38. The lowest BCUT2D eigenvalue weighted by Crippen LogP contribution is -2.37. The van der Waals surface area contributed by atoms with Crippen LogP contribution >= 0.6 is 15.9 Å². The molecule has 8 heteroatoms. The number of carbonyl (C=O) groups is 3. The lowest BCUT2D eigenvalue weighted by molar-refractivity contribution is -0.123. The molecule has 0 aromatic heterocycles. The number of rotatable bonds is 6. The molecule has 0 spiro atoms. The molecule has 2 aromatic carbocycles. The molecule has 2 aromatic rings. The summed E-state index contributed by atoms with van der Waals surface area (Å²) in [6.07, 6.45) is 0. The van der Waals surface area contributed by atoms with E-state index in [1.54, 1.807) is 23.5 Å². The molecule has 7 nitrogen and oxygen atoms in total. The Balaban J connectivity index is 2.00. The number of carbonyl (C=O) groups excluding carboxylic acids is 3. The monoisotopic (exact) mass is 406 g/mol. The Kier molecular flexibility index (Phi) is 6.53. The Bertz CT molecular complexity index is 794. The largest absolute Gasteiger partial charge is 0.488 e. The standard InChI is InChI=1S/C17H15BrN2O5/c18-12-5-3-4-11(8-12)9-24-14-7-2-1-6-13(14)16(22)25-10-15(21)20-17(19)23/h1-8H,9-10H2,(H3,19,20,21,23). The first-order chi connectivity index (χ1) is 12.0. The maximum absolute atomic E-state index is 12.1. The van der Waals surface area contributed by atoms with E-state index in [0.29, 0.717) is 5.75 Å². The van der Waals surface area contributed by atoms with Crippen LogP contribution in [0.3, 0.4) is 0 Å². The number of esters is 1. The molecule has 3 amide bonds. The summed E-state index contributed by atoms with van der Waals surface area (Å²) in [6.45, 7) is -0.367. The topological polar surface area (TPSA) is 108 Å². The second-order valence-electron chi connectivity index (χ2n) is 4.90. The number of nitrogens with one attached hydrogen (secondary N) is 1. The SMILES string of the molecule is NC(=O)NC(=O)COC(=O)c1ccccc1OCc1cccc(Br)c1. The van der Waals surface area contributed by atoms with Gasteiger partial charge in [-0.1, -0.05) is 40.2 Å². The summed E-state index contributed by atoms with van der Waals surface area (Å²) in [6, 6.07) is 13.0. The van der Waals surface area contributed by atoms with Gasteiger partial charge in [0.05, 0.1) is 0 Å². The van der Waals surface area contributed by atoms with E-state index in [0.717, 1.165) is 10.0 Å². The van der Waals surface area contributed by atoms with Crippen molar-refractivity contribution in [1.29, 1.82) is 0 Å². The maximum Gasteiger partial charge on any atom is 0.342 e. The highest BCUT2D eigenvalue weighted by Crippen LogP contribution is 2.21. The van der Waals surface area contributed by atoms with Crippen LogP contribution in [0.15, 0.2) is 53.0 Å². The smallest absolute Gasteiger partial charge is 0.342 e. The number of hydrogen-bond donors (Lipinski definition) is 2. The Morgan fingerprint density at radius 2 is 1.84 bits per heavy atom. The van der Waals surface area contributed by atoms with E-state index >= 15 is 0 Å². The van der Waals surface area contributed by atoms with Crippen LogP contribution in [0.4, 0.5) is 4.79 Å². The van der Waals surface area contributed by atoms with Crippen LogP contribution in [0.5, 0.6) is 5.75 Å². The molecular formula is C17H15BrN2O5. The Morgan fingerprint density at radius 1 is 1.08 bits per heavy atom. The van der Waals surface area contributed by atoms with Crippen LogP contribution in [0.25, 0.3) is 0 Å². The summed E-state index contributed by atoms with van der Waals surface area (Å²) in [5.41, 5.74) is 5.89. The average Bonchev–Trinajstić information content (AvgIpc) is 2.57. The van der Waals surface area contributed by atoms with Crippen molar-refractivity contribution in [2.45, 2.75) is 6.61 Å². The number of imide groups is 1. The molecule has 2 rings (SSSR count). The van der Waals surface area contributed by atoms with Crippen molar-refractivity contribution < 1.29 is 23.9 Å². The maximum atomic E-state index is 12.1. The molecule has 25 heavy (non-hydrogen) atoms. The molecule has 0 fully saturated rings. The van der Waals surface area contributed by atoms with Gasteiger partial charge in [-0.2, -0.15) is 0 Å². The number of hydrogen-bond acceptors (Lipinski definition) is 5. The first kappa shape index (κ1) is 18.5. The van der Waals surface area contributed by atoms with E-state index in [2.05, 4.69) is 15.9 Å². The van der Waals surface area contributed by atoms with Gasteiger partial charge in [0, 0.05) is 4.47 Å². The second kappa shape index (κ2) is 8.84. The summed E-state index contributed by atoms with van der Waals surface area (Å²) in [4.78, 5) is 34.0. The minimum Gasteiger partial charge on any atom is -0.488 e. The van der Waals surface area contributed by atoms with Crippen molar-refractivity contribution >= 4 is 33.8 Å². The third kappa shape index (κ3) is 5.92. The molecule has 3 N–H and O–H groups in total. The molecule has 0 atom stereocenters. The minimum atomic E-state index is -1.01. The van der Waals surface area contributed by atoms with E-state index < -0.39 is 24.5 Å². The number of urea groups is 1. The Hall–Kier alpha value is -2.87. The summed E-state index contributed by atoms with van der Waals surface area (Å²) >= 11 is 3.38. The van der Waals surface area contributed by atoms with E-state index in [1.165, 1.54) is 6.07 Å². The van der Waals surface area contributed by atoms with E-state index in [-0.39, 0.29) is 12.2 Å². The van der Waals surface area contributed by atoms with Crippen LogP contribution in [-0.4, -0.2) is 24.5 Å². The summed E-state index contributed by atoms with van der Waals surface area (Å²) in [5, 5.41) is 1.80. The third-order valence-corrected chi connectivity index (χ3v) is 3.48. The number of nitrogens with two attached hydrogens (primary N) is 1. The van der Waals surface area contributed by atoms with Crippen LogP contribution < -0.4 is 15.8 Å². The summed E-state index contributed by atoms with van der Waals surface area (Å²) in [5.74, 6) is -1.24. The van der Waals surface area contributed by atoms with Crippen molar-refractivity contribution in [1.82, 2.24) is 5.32 Å². The second-order valence-corrected chi connectivity index (χ2v) is 5.82. The number of para-hydroxylation sites is 1. The molecule has 0 aliphatic rings. The zero-order valence-electron chi connectivity index (χ0n) is 13.0. The Labute approximate surface area is 152 Å². The highest BCUT2D eigenvalue weighted by Gasteiger charge is 2.16. The van der Waals surface area contributed by atoms with Gasteiger partial charge in [-0.15, -0.1) is 0 Å². The van der Waals surface area contributed by atoms with Gasteiger partial charge in [0.2, 0.25) is 0 Å². The molecule has 130 valence electrons. The zero-order valence-corrected chi connectivity index (χ0v) is 14.6. The van der Waals surface area contributed by atoms with Crippen molar-refractivity contribution in [2.24, 2.45) is 5.73 Å². The number of benzene rings is 2. The molecule has 0 saturated heterocycles. The lowest BCUT2D eigenvalue weighted by atomic mass is 10.2. The summed E-state index contributed by atoms with van der Waals surface area (Å²) in [7, 11) is 0. The van der Waals surface area contributed by atoms with E-state index in [1.807, 2.05) is 24.3 Å². The number of amides is 3. The highest BCUT2D eigenvalue weighted by atomic mass is 79.9. The van der Waals surface area contributed by atoms with Crippen molar-refractivity contribution in [3.63, 3.8) is 0 Å². The molecule has 0 unspecified atom stereocenters. The van der Waals surface area contributed by atoms with Crippen molar-refractivity contribution in [2.75, 3.05) is 6.61 Å². The first-order valence-corrected chi connectivity index (χ1v) is 7.97. The predicted molar refractivity (Wildman–Crippen MR) is 92.9 cm³/mol. The van der Waals surface area contributed by atoms with Crippen LogP contribution in [0.2, 0.25) is 0 Å². The number of halogens is 1. The van der Waals surface area contributed by atoms with Gasteiger partial charge in [-0.3, -0.25) is 10.1 Å². The van der Waals surface area contributed by atoms with Crippen molar-refractivity contribution in [3.05, 3.63) is 64.1 Å². The molecule has 0 saturated carbocycles. The van der Waals surface area contributed by atoms with E-state index in [4.69, 9.17) is 15.2 Å². The fourth-order valence-corrected chi connectivity index (χ4v) is 2.38. The number of primary amides is 1. The molecule has 0 aliphatic heterocycles. The highest BCUT2D eigenvalue weighted by molar-refractivity contribution is 9.10. The van der Waals surface area contributed by atoms with Gasteiger partial charge in [0.25, 0.3) is 5.91 Å². The van der Waals surface area contributed by atoms with Gasteiger partial charge < -0.3 is 15.2 Å². The third-order valence-electron chi connectivity index (χ3n) is 2.99. The van der Waals surface area contributed by atoms with Crippen LogP contribution in [0.1, 0.15) is 15.9 Å². The summed E-state index contributed by atoms with van der Waals surface area (Å²) < 4.78 is 11.4. The molecule has 0 heterocycles. The van der Waals surface area contributed by atoms with Crippen LogP contribution in [-0.2, 0) is 16.1 Å². The molecular weight excluding hydrogens is 392 g/mol. The normalized spacial score (nSPS) is 9.96. The van der Waals surface area contributed by atoms with Gasteiger partial charge in [0.1, 0.15) is 17.9 Å². The molecule has 0 radical (unpaired) electrons. The molecule has 0 bridgehead atoms.